The number of nitrogens with one attached hydrogen (secondary N) is 1. The molecular weight excluding hydrogens is 257 g/mol. The van der Waals surface area contributed by atoms with Gasteiger partial charge in [-0.25, -0.2) is 4.98 Å². The summed E-state index contributed by atoms with van der Waals surface area (Å²) in [4.78, 5) is 4.21. The van der Waals surface area contributed by atoms with Gasteiger partial charge in [-0.2, -0.15) is 0 Å². The van der Waals surface area contributed by atoms with E-state index in [1.807, 2.05) is 22.9 Å². The summed E-state index contributed by atoms with van der Waals surface area (Å²) >= 11 is 11.9. The lowest BCUT2D eigenvalue weighted by atomic mass is 10.3. The number of aromatic nitrogens is 2. The van der Waals surface area contributed by atoms with Crippen LogP contribution in [0.1, 0.15) is 0 Å². The number of nitrogens with zero attached hydrogens (tertiary/aromatic N) is 2. The highest BCUT2D eigenvalue weighted by molar-refractivity contribution is 6.34. The Labute approximate surface area is 110 Å². The summed E-state index contributed by atoms with van der Waals surface area (Å²) in [6, 6.07) is 5.35. The lowest BCUT2D eigenvalue weighted by Gasteiger charge is -2.09. The van der Waals surface area contributed by atoms with Crippen LogP contribution in [0.15, 0.2) is 43.2 Å². The second-order valence-corrected chi connectivity index (χ2v) is 4.29. The van der Waals surface area contributed by atoms with Gasteiger partial charge in [0.15, 0.2) is 0 Å². The van der Waals surface area contributed by atoms with E-state index < -0.39 is 0 Å². The third kappa shape index (κ3) is 2.81. The van der Waals surface area contributed by atoms with E-state index in [4.69, 9.17) is 23.2 Å². The van der Waals surface area contributed by atoms with E-state index in [0.717, 1.165) is 11.6 Å². The fourth-order valence-corrected chi connectivity index (χ4v) is 2.00. The average molecular weight is 268 g/mol. The Bertz CT molecular complexity index is 514. The van der Waals surface area contributed by atoms with Gasteiger partial charge in [0.05, 0.1) is 5.69 Å². The van der Waals surface area contributed by atoms with Gasteiger partial charge in [0.25, 0.3) is 0 Å². The van der Waals surface area contributed by atoms with Crippen molar-refractivity contribution in [2.75, 3.05) is 11.9 Å². The predicted octanol–water partition coefficient (Wildman–Crippen LogP) is 3.78. The lowest BCUT2D eigenvalue weighted by molar-refractivity contribution is 1.04. The lowest BCUT2D eigenvalue weighted by Crippen LogP contribution is -2.05. The number of imidazole rings is 1. The molecule has 1 N–H and O–H groups in total. The van der Waals surface area contributed by atoms with Crippen molar-refractivity contribution in [2.45, 2.75) is 0 Å². The fourth-order valence-electron chi connectivity index (χ4n) is 1.48. The predicted molar refractivity (Wildman–Crippen MR) is 72.3 cm³/mol. The minimum absolute atomic E-state index is 0.593. The minimum atomic E-state index is 0.593. The van der Waals surface area contributed by atoms with Gasteiger partial charge in [0.2, 0.25) is 5.95 Å². The Hall–Kier alpha value is -1.45. The Morgan fingerprint density at radius 2 is 2.00 bits per heavy atom. The maximum atomic E-state index is 5.97. The summed E-state index contributed by atoms with van der Waals surface area (Å²) in [6.07, 6.45) is 5.32. The van der Waals surface area contributed by atoms with Crippen LogP contribution in [-0.4, -0.2) is 16.1 Å². The summed E-state index contributed by atoms with van der Waals surface area (Å²) in [5, 5.41) is 4.31. The van der Waals surface area contributed by atoms with E-state index in [0.29, 0.717) is 16.6 Å². The van der Waals surface area contributed by atoms with Crippen molar-refractivity contribution in [1.82, 2.24) is 9.55 Å². The first-order chi connectivity index (χ1) is 8.20. The van der Waals surface area contributed by atoms with Gasteiger partial charge in [-0.05, 0) is 18.2 Å². The zero-order valence-electron chi connectivity index (χ0n) is 9.03. The van der Waals surface area contributed by atoms with Crippen molar-refractivity contribution in [2.24, 2.45) is 0 Å². The molecule has 2 aromatic rings. The van der Waals surface area contributed by atoms with Crippen LogP contribution in [0, 0.1) is 0 Å². The van der Waals surface area contributed by atoms with Crippen LogP contribution in [0.3, 0.4) is 0 Å². The van der Waals surface area contributed by atoms with Gasteiger partial charge in [0.1, 0.15) is 0 Å². The first kappa shape index (κ1) is 12.0. The standard InChI is InChI=1S/C12H11Cl2N3/c1-2-3-15-12-16-4-5-17(12)11-7-9(13)6-10(14)8-11/h2,4-8H,1,3H2,(H,15,16). The van der Waals surface area contributed by atoms with Gasteiger partial charge in [0, 0.05) is 29.0 Å². The zero-order chi connectivity index (χ0) is 12.3. The molecule has 2 rings (SSSR count). The number of hydrogen-bond acceptors (Lipinski definition) is 2. The van der Waals surface area contributed by atoms with Gasteiger partial charge in [-0.15, -0.1) is 6.58 Å². The SMILES string of the molecule is C=CCNc1nccn1-c1cc(Cl)cc(Cl)c1. The highest BCUT2D eigenvalue weighted by atomic mass is 35.5. The van der Waals surface area contributed by atoms with E-state index in [1.54, 1.807) is 18.3 Å². The summed E-state index contributed by atoms with van der Waals surface area (Å²) < 4.78 is 1.88. The van der Waals surface area contributed by atoms with Crippen LogP contribution in [0.25, 0.3) is 5.69 Å². The molecule has 3 nitrogen and oxygen atoms in total. The summed E-state index contributed by atoms with van der Waals surface area (Å²) in [5.41, 5.74) is 0.867. The molecule has 0 saturated heterocycles. The van der Waals surface area contributed by atoms with Crippen molar-refractivity contribution in [1.29, 1.82) is 0 Å². The van der Waals surface area contributed by atoms with Crippen LogP contribution in [-0.2, 0) is 0 Å². The summed E-state index contributed by atoms with van der Waals surface area (Å²) in [6.45, 7) is 4.29. The van der Waals surface area contributed by atoms with E-state index in [-0.39, 0.29) is 0 Å². The molecule has 1 aromatic carbocycles. The topological polar surface area (TPSA) is 29.9 Å². The van der Waals surface area contributed by atoms with Crippen molar-refractivity contribution in [3.05, 3.63) is 53.3 Å². The Kier molecular flexibility index (Phi) is 3.71. The van der Waals surface area contributed by atoms with E-state index in [2.05, 4.69) is 16.9 Å². The molecule has 5 heteroatoms. The Balaban J connectivity index is 2.38. The maximum absolute atomic E-state index is 5.97. The van der Waals surface area contributed by atoms with E-state index in [1.165, 1.54) is 0 Å². The first-order valence-corrected chi connectivity index (χ1v) is 5.81. The van der Waals surface area contributed by atoms with Crippen molar-refractivity contribution < 1.29 is 0 Å². The van der Waals surface area contributed by atoms with Crippen LogP contribution in [0.2, 0.25) is 10.0 Å². The summed E-state index contributed by atoms with van der Waals surface area (Å²) in [7, 11) is 0. The highest BCUT2D eigenvalue weighted by Crippen LogP contribution is 2.23. The molecule has 0 saturated carbocycles. The Morgan fingerprint density at radius 1 is 1.29 bits per heavy atom. The summed E-state index contributed by atoms with van der Waals surface area (Å²) in [5.74, 6) is 0.725. The van der Waals surface area contributed by atoms with Crippen LogP contribution >= 0.6 is 23.2 Å². The third-order valence-electron chi connectivity index (χ3n) is 2.17. The molecule has 1 heterocycles. The molecule has 0 unspecified atom stereocenters. The Morgan fingerprint density at radius 3 is 2.65 bits per heavy atom. The van der Waals surface area contributed by atoms with E-state index in [9.17, 15) is 0 Å². The maximum Gasteiger partial charge on any atom is 0.207 e. The average Bonchev–Trinajstić information content (AvgIpc) is 2.73. The monoisotopic (exact) mass is 267 g/mol. The highest BCUT2D eigenvalue weighted by Gasteiger charge is 2.05. The number of benzene rings is 1. The fraction of sp³-hybridized carbons (Fsp3) is 0.0833. The smallest absolute Gasteiger partial charge is 0.207 e. The molecule has 0 aliphatic heterocycles. The van der Waals surface area contributed by atoms with Gasteiger partial charge >= 0.3 is 0 Å². The quantitative estimate of drug-likeness (QED) is 0.855. The second kappa shape index (κ2) is 5.25. The van der Waals surface area contributed by atoms with Crippen LogP contribution in [0.5, 0.6) is 0 Å². The van der Waals surface area contributed by atoms with Gasteiger partial charge in [-0.3, -0.25) is 4.57 Å². The van der Waals surface area contributed by atoms with Crippen molar-refractivity contribution >= 4 is 29.2 Å². The molecule has 88 valence electrons. The van der Waals surface area contributed by atoms with Crippen LogP contribution < -0.4 is 5.32 Å². The second-order valence-electron chi connectivity index (χ2n) is 3.42. The van der Waals surface area contributed by atoms with E-state index >= 15 is 0 Å². The normalized spacial score (nSPS) is 10.2. The zero-order valence-corrected chi connectivity index (χ0v) is 10.5. The molecule has 1 aromatic heterocycles. The molecular formula is C12H11Cl2N3. The van der Waals surface area contributed by atoms with Crippen molar-refractivity contribution in [3.8, 4) is 5.69 Å². The molecule has 0 spiro atoms. The molecule has 0 bridgehead atoms. The molecule has 0 aliphatic carbocycles. The third-order valence-corrected chi connectivity index (χ3v) is 2.61. The number of anilines is 1. The van der Waals surface area contributed by atoms with Crippen LogP contribution in [0.4, 0.5) is 5.95 Å². The molecule has 0 fully saturated rings. The molecule has 0 aliphatic rings. The molecule has 0 amide bonds. The largest absolute Gasteiger partial charge is 0.352 e. The number of hydrogen-bond donors (Lipinski definition) is 1. The van der Waals surface area contributed by atoms with Gasteiger partial charge in [-0.1, -0.05) is 29.3 Å². The number of rotatable bonds is 4. The molecule has 17 heavy (non-hydrogen) atoms. The number of halogens is 2. The minimum Gasteiger partial charge on any atom is -0.352 e. The van der Waals surface area contributed by atoms with Gasteiger partial charge < -0.3 is 5.32 Å². The van der Waals surface area contributed by atoms with Crippen molar-refractivity contribution in [3.63, 3.8) is 0 Å². The first-order valence-electron chi connectivity index (χ1n) is 5.05. The molecule has 0 atom stereocenters. The molecule has 0 radical (unpaired) electrons.